The van der Waals surface area contributed by atoms with Crippen LogP contribution in [-0.2, 0) is 4.79 Å². The normalized spacial score (nSPS) is 31.7. The lowest BCUT2D eigenvalue weighted by atomic mass is 9.49. The van der Waals surface area contributed by atoms with Crippen molar-refractivity contribution < 1.29 is 9.59 Å². The largest absolute Gasteiger partial charge is 0.355 e. The predicted octanol–water partition coefficient (Wildman–Crippen LogP) is 3.90. The zero-order chi connectivity index (χ0) is 18.1. The van der Waals surface area contributed by atoms with Gasteiger partial charge in [-0.3, -0.25) is 9.59 Å². The molecule has 0 heterocycles. The maximum Gasteiger partial charge on any atom is 0.251 e. The first kappa shape index (κ1) is 18.0. The van der Waals surface area contributed by atoms with Gasteiger partial charge in [0.05, 0.1) is 6.54 Å². The lowest BCUT2D eigenvalue weighted by molar-refractivity contribution is -0.120. The average Bonchev–Trinajstić information content (AvgIpc) is 2.59. The molecule has 4 saturated carbocycles. The van der Waals surface area contributed by atoms with E-state index in [1.165, 1.54) is 38.5 Å². The number of hydrogen-bond donors (Lipinski definition) is 2. The van der Waals surface area contributed by atoms with E-state index < -0.39 is 0 Å². The van der Waals surface area contributed by atoms with E-state index in [1.54, 1.807) is 12.1 Å². The monoisotopic (exact) mass is 418 g/mol. The fourth-order valence-corrected chi connectivity index (χ4v) is 6.25. The number of carbonyl (C=O) groups is 2. The standard InChI is InChI=1S/C21H27BrN2O2/c22-18-3-1-17(2-4-18)20(26)24-13-19(25)23-6-5-21-10-14-7-15(11-21)9-16(8-14)12-21/h1-4,14-16H,5-13H2,(H,23,25)(H,24,26). The highest BCUT2D eigenvalue weighted by Crippen LogP contribution is 2.61. The van der Waals surface area contributed by atoms with Crippen LogP contribution in [0.3, 0.4) is 0 Å². The molecule has 1 aromatic carbocycles. The van der Waals surface area contributed by atoms with E-state index in [0.717, 1.165) is 35.2 Å². The molecule has 0 atom stereocenters. The van der Waals surface area contributed by atoms with Crippen LogP contribution in [0.4, 0.5) is 0 Å². The van der Waals surface area contributed by atoms with E-state index in [0.29, 0.717) is 11.0 Å². The zero-order valence-corrected chi connectivity index (χ0v) is 16.7. The third kappa shape index (κ3) is 3.98. The number of benzene rings is 1. The molecule has 0 unspecified atom stereocenters. The summed E-state index contributed by atoms with van der Waals surface area (Å²) in [5.74, 6) is 2.53. The summed E-state index contributed by atoms with van der Waals surface area (Å²) in [6.45, 7) is 0.773. The van der Waals surface area contributed by atoms with Crippen LogP contribution >= 0.6 is 15.9 Å². The molecule has 4 aliphatic carbocycles. The van der Waals surface area contributed by atoms with E-state index in [1.807, 2.05) is 12.1 Å². The van der Waals surface area contributed by atoms with E-state index in [9.17, 15) is 9.59 Å². The highest BCUT2D eigenvalue weighted by Gasteiger charge is 2.50. The smallest absolute Gasteiger partial charge is 0.251 e. The lowest BCUT2D eigenvalue weighted by Gasteiger charge is -2.57. The molecule has 140 valence electrons. The quantitative estimate of drug-likeness (QED) is 0.735. The first-order valence-electron chi connectivity index (χ1n) is 9.82. The van der Waals surface area contributed by atoms with Crippen molar-refractivity contribution >= 4 is 27.7 Å². The molecule has 2 amide bonds. The van der Waals surface area contributed by atoms with Gasteiger partial charge in [-0.2, -0.15) is 0 Å². The Morgan fingerprint density at radius 1 is 0.962 bits per heavy atom. The van der Waals surface area contributed by atoms with E-state index in [2.05, 4.69) is 26.6 Å². The topological polar surface area (TPSA) is 58.2 Å². The number of carbonyl (C=O) groups excluding carboxylic acids is 2. The number of halogens is 1. The van der Waals surface area contributed by atoms with Gasteiger partial charge in [-0.25, -0.2) is 0 Å². The van der Waals surface area contributed by atoms with Crippen molar-refractivity contribution in [1.29, 1.82) is 0 Å². The Balaban J connectivity index is 1.20. The maximum atomic E-state index is 12.1. The number of nitrogens with one attached hydrogen (secondary N) is 2. The Hall–Kier alpha value is -1.36. The van der Waals surface area contributed by atoms with E-state index in [-0.39, 0.29) is 18.4 Å². The second kappa shape index (κ2) is 7.34. The summed E-state index contributed by atoms with van der Waals surface area (Å²) in [5.41, 5.74) is 1.05. The Kier molecular flexibility index (Phi) is 5.09. The minimum atomic E-state index is -0.214. The maximum absolute atomic E-state index is 12.1. The lowest BCUT2D eigenvalue weighted by Crippen LogP contribution is -2.47. The summed E-state index contributed by atoms with van der Waals surface area (Å²) in [5, 5.41) is 5.71. The summed E-state index contributed by atoms with van der Waals surface area (Å²) in [4.78, 5) is 24.1. The fourth-order valence-electron chi connectivity index (χ4n) is 5.99. The highest BCUT2D eigenvalue weighted by molar-refractivity contribution is 9.10. The van der Waals surface area contributed by atoms with Crippen molar-refractivity contribution in [2.24, 2.45) is 23.2 Å². The summed E-state index contributed by atoms with van der Waals surface area (Å²) in [7, 11) is 0. The van der Waals surface area contributed by atoms with Gasteiger partial charge >= 0.3 is 0 Å². The van der Waals surface area contributed by atoms with Crippen molar-refractivity contribution in [3.05, 3.63) is 34.3 Å². The molecule has 0 radical (unpaired) electrons. The number of amides is 2. The van der Waals surface area contributed by atoms with Crippen LogP contribution in [0.1, 0.15) is 55.3 Å². The van der Waals surface area contributed by atoms with Gasteiger partial charge in [0, 0.05) is 16.6 Å². The zero-order valence-electron chi connectivity index (χ0n) is 15.1. The Labute approximate surface area is 163 Å². The van der Waals surface area contributed by atoms with Crippen LogP contribution in [0.2, 0.25) is 0 Å². The fraction of sp³-hybridized carbons (Fsp3) is 0.619. The molecule has 4 aliphatic rings. The molecule has 1 aromatic rings. The van der Waals surface area contributed by atoms with Gasteiger partial charge in [0.2, 0.25) is 5.91 Å². The Bertz CT molecular complexity index is 650. The highest BCUT2D eigenvalue weighted by atomic mass is 79.9. The molecule has 0 saturated heterocycles. The first-order chi connectivity index (χ1) is 12.5. The molecule has 0 aromatic heterocycles. The molecule has 4 nitrogen and oxygen atoms in total. The van der Waals surface area contributed by atoms with Crippen LogP contribution < -0.4 is 10.6 Å². The average molecular weight is 419 g/mol. The van der Waals surface area contributed by atoms with Gasteiger partial charge in [0.15, 0.2) is 0 Å². The van der Waals surface area contributed by atoms with Gasteiger partial charge in [-0.15, -0.1) is 0 Å². The molecule has 2 N–H and O–H groups in total. The second-order valence-corrected chi connectivity index (χ2v) is 9.62. The third-order valence-corrected chi connectivity index (χ3v) is 7.19. The van der Waals surface area contributed by atoms with Crippen molar-refractivity contribution in [3.8, 4) is 0 Å². The molecule has 26 heavy (non-hydrogen) atoms. The summed E-state index contributed by atoms with van der Waals surface area (Å²) in [6.07, 6.45) is 9.57. The molecule has 0 spiro atoms. The van der Waals surface area contributed by atoms with Gasteiger partial charge in [0.25, 0.3) is 5.91 Å². The molecular weight excluding hydrogens is 392 g/mol. The van der Waals surface area contributed by atoms with Crippen LogP contribution in [0.5, 0.6) is 0 Å². The first-order valence-corrected chi connectivity index (χ1v) is 10.6. The van der Waals surface area contributed by atoms with Crippen LogP contribution in [0, 0.1) is 23.2 Å². The molecule has 5 heteroatoms. The molecule has 5 rings (SSSR count). The molecule has 4 fully saturated rings. The van der Waals surface area contributed by atoms with E-state index >= 15 is 0 Å². The van der Waals surface area contributed by atoms with Crippen molar-refractivity contribution in [3.63, 3.8) is 0 Å². The Morgan fingerprint density at radius 2 is 1.54 bits per heavy atom. The minimum absolute atomic E-state index is 0.0375. The van der Waals surface area contributed by atoms with E-state index in [4.69, 9.17) is 0 Å². The molecular formula is C21H27BrN2O2. The SMILES string of the molecule is O=C(CNC(=O)c1ccc(Br)cc1)NCCC12CC3CC(CC(C3)C1)C2. The summed E-state index contributed by atoms with van der Waals surface area (Å²) < 4.78 is 0.927. The predicted molar refractivity (Wildman–Crippen MR) is 105 cm³/mol. The molecule has 0 aliphatic heterocycles. The number of hydrogen-bond acceptors (Lipinski definition) is 2. The van der Waals surface area contributed by atoms with Crippen LogP contribution in [-0.4, -0.2) is 24.9 Å². The summed E-state index contributed by atoms with van der Waals surface area (Å²) in [6, 6.07) is 7.12. The van der Waals surface area contributed by atoms with Crippen molar-refractivity contribution in [2.75, 3.05) is 13.1 Å². The second-order valence-electron chi connectivity index (χ2n) is 8.71. The molecule has 4 bridgehead atoms. The minimum Gasteiger partial charge on any atom is -0.355 e. The van der Waals surface area contributed by atoms with Crippen LogP contribution in [0.25, 0.3) is 0 Å². The van der Waals surface area contributed by atoms with Crippen molar-refractivity contribution in [2.45, 2.75) is 44.9 Å². The van der Waals surface area contributed by atoms with Gasteiger partial charge in [0.1, 0.15) is 0 Å². The summed E-state index contributed by atoms with van der Waals surface area (Å²) >= 11 is 3.35. The van der Waals surface area contributed by atoms with Crippen molar-refractivity contribution in [1.82, 2.24) is 10.6 Å². The van der Waals surface area contributed by atoms with Gasteiger partial charge < -0.3 is 10.6 Å². The Morgan fingerprint density at radius 3 is 2.12 bits per heavy atom. The van der Waals surface area contributed by atoms with Gasteiger partial charge in [-0.05, 0) is 92.4 Å². The van der Waals surface area contributed by atoms with Gasteiger partial charge in [-0.1, -0.05) is 15.9 Å². The van der Waals surface area contributed by atoms with Crippen LogP contribution in [0.15, 0.2) is 28.7 Å². The third-order valence-electron chi connectivity index (χ3n) is 6.66. The number of rotatable bonds is 6.